The van der Waals surface area contributed by atoms with Crippen molar-refractivity contribution in [3.63, 3.8) is 0 Å². The van der Waals surface area contributed by atoms with Gasteiger partial charge >= 0.3 is 5.76 Å². The number of nitrogens with one attached hydrogen (secondary N) is 2. The van der Waals surface area contributed by atoms with E-state index in [0.717, 1.165) is 25.9 Å². The number of quaternary nitrogens is 1. The van der Waals surface area contributed by atoms with Gasteiger partial charge < -0.3 is 9.32 Å². The van der Waals surface area contributed by atoms with Gasteiger partial charge in [-0.25, -0.2) is 17.8 Å². The molecule has 9 heteroatoms. The highest BCUT2D eigenvalue weighted by Crippen LogP contribution is 2.22. The lowest BCUT2D eigenvalue weighted by molar-refractivity contribution is -0.927. The molecule has 0 atom stereocenters. The van der Waals surface area contributed by atoms with Crippen molar-refractivity contribution in [2.75, 3.05) is 17.8 Å². The third kappa shape index (κ3) is 3.94. The topological polar surface area (TPSA) is 85.8 Å². The highest BCUT2D eigenvalue weighted by atomic mass is 35.5. The number of piperidine rings is 1. The fourth-order valence-electron chi connectivity index (χ4n) is 3.56. The van der Waals surface area contributed by atoms with Crippen LogP contribution in [0.1, 0.15) is 19.3 Å². The van der Waals surface area contributed by atoms with Crippen LogP contribution in [-0.4, -0.2) is 26.1 Å². The van der Waals surface area contributed by atoms with Crippen molar-refractivity contribution in [1.29, 1.82) is 0 Å². The zero-order valence-electron chi connectivity index (χ0n) is 15.2. The molecule has 148 valence electrons. The summed E-state index contributed by atoms with van der Waals surface area (Å²) in [5.74, 6) is -0.467. The lowest BCUT2D eigenvalue weighted by atomic mass is 10.1. The summed E-state index contributed by atoms with van der Waals surface area (Å²) < 4.78 is 34.8. The Morgan fingerprint density at radius 3 is 2.64 bits per heavy atom. The second-order valence-electron chi connectivity index (χ2n) is 7.01. The fourth-order valence-corrected chi connectivity index (χ4v) is 4.82. The van der Waals surface area contributed by atoms with Gasteiger partial charge in [0.05, 0.1) is 29.2 Å². The van der Waals surface area contributed by atoms with Crippen molar-refractivity contribution < 1.29 is 17.7 Å². The Hall–Kier alpha value is -2.29. The lowest BCUT2D eigenvalue weighted by Gasteiger charge is -2.23. The van der Waals surface area contributed by atoms with Gasteiger partial charge in [0.2, 0.25) is 0 Å². The first-order valence-corrected chi connectivity index (χ1v) is 11.0. The number of sulfonamides is 1. The smallest absolute Gasteiger partial charge is 0.408 e. The number of benzene rings is 2. The summed E-state index contributed by atoms with van der Waals surface area (Å²) >= 11 is 5.91. The number of oxazole rings is 1. The van der Waals surface area contributed by atoms with Gasteiger partial charge in [-0.1, -0.05) is 17.7 Å². The van der Waals surface area contributed by atoms with Crippen LogP contribution in [0.5, 0.6) is 0 Å². The standard InChI is InChI=1S/C19H20ClN3O4S/c20-14-5-4-6-15(11-14)21-28(25,26)16-7-8-17-18(12-16)27-19(24)23(17)13-22-9-2-1-3-10-22/h4-8,11-12,21H,1-3,9-10,13H2/p+1. The number of likely N-dealkylation sites (tertiary alicyclic amines) is 1. The minimum absolute atomic E-state index is 0.0196. The largest absolute Gasteiger partial charge is 0.424 e. The van der Waals surface area contributed by atoms with E-state index in [-0.39, 0.29) is 10.5 Å². The molecule has 1 fully saturated rings. The molecule has 4 rings (SSSR count). The molecule has 2 aromatic carbocycles. The van der Waals surface area contributed by atoms with Crippen molar-refractivity contribution in [3.05, 3.63) is 58.0 Å². The molecule has 0 saturated carbocycles. The molecule has 2 heterocycles. The van der Waals surface area contributed by atoms with Crippen molar-refractivity contribution in [3.8, 4) is 0 Å². The number of fused-ring (bicyclic) bond motifs is 1. The van der Waals surface area contributed by atoms with Gasteiger partial charge in [-0.05, 0) is 49.6 Å². The number of rotatable bonds is 5. The first kappa shape index (κ1) is 19.0. The van der Waals surface area contributed by atoms with Gasteiger partial charge in [0.1, 0.15) is 0 Å². The molecule has 1 aliphatic heterocycles. The molecule has 0 spiro atoms. The SMILES string of the molecule is O=c1oc2cc(S(=O)(=O)Nc3cccc(Cl)c3)ccc2n1C[NH+]1CCCCC1. The average Bonchev–Trinajstić information content (AvgIpc) is 2.97. The Morgan fingerprint density at radius 1 is 1.11 bits per heavy atom. The molecule has 1 saturated heterocycles. The van der Waals surface area contributed by atoms with Crippen LogP contribution < -0.4 is 15.4 Å². The van der Waals surface area contributed by atoms with E-state index in [2.05, 4.69) is 4.72 Å². The number of aromatic nitrogens is 1. The van der Waals surface area contributed by atoms with E-state index in [1.54, 1.807) is 28.8 Å². The summed E-state index contributed by atoms with van der Waals surface area (Å²) in [4.78, 5) is 13.7. The summed E-state index contributed by atoms with van der Waals surface area (Å²) in [6.45, 7) is 2.57. The molecule has 28 heavy (non-hydrogen) atoms. The van der Waals surface area contributed by atoms with Crippen LogP contribution in [0.3, 0.4) is 0 Å². The number of halogens is 1. The lowest BCUT2D eigenvalue weighted by Crippen LogP contribution is -3.12. The van der Waals surface area contributed by atoms with E-state index < -0.39 is 15.8 Å². The maximum Gasteiger partial charge on any atom is 0.424 e. The molecule has 0 radical (unpaired) electrons. The van der Waals surface area contributed by atoms with E-state index >= 15 is 0 Å². The molecule has 0 unspecified atom stereocenters. The first-order chi connectivity index (χ1) is 13.4. The summed E-state index contributed by atoms with van der Waals surface area (Å²) in [5.41, 5.74) is 1.22. The molecule has 0 aliphatic carbocycles. The molecule has 2 N–H and O–H groups in total. The van der Waals surface area contributed by atoms with Gasteiger partial charge in [0.25, 0.3) is 10.0 Å². The predicted octanol–water partition coefficient (Wildman–Crippen LogP) is 2.07. The average molecular weight is 423 g/mol. The van der Waals surface area contributed by atoms with Gasteiger partial charge in [-0.2, -0.15) is 0 Å². The molecule has 1 aliphatic rings. The molecular formula is C19H21ClN3O4S+. The van der Waals surface area contributed by atoms with Gasteiger partial charge in [0.15, 0.2) is 12.3 Å². The highest BCUT2D eigenvalue weighted by molar-refractivity contribution is 7.92. The van der Waals surface area contributed by atoms with E-state index in [1.807, 2.05) is 0 Å². The van der Waals surface area contributed by atoms with Crippen LogP contribution in [0, 0.1) is 0 Å². The zero-order chi connectivity index (χ0) is 19.7. The van der Waals surface area contributed by atoms with E-state index in [0.29, 0.717) is 22.9 Å². The number of anilines is 1. The Bertz CT molecular complexity index is 1160. The summed E-state index contributed by atoms with van der Waals surface area (Å²) in [7, 11) is -3.84. The maximum absolute atomic E-state index is 12.7. The number of hydrogen-bond donors (Lipinski definition) is 2. The molecule has 3 aromatic rings. The minimum atomic E-state index is -3.84. The summed E-state index contributed by atoms with van der Waals surface area (Å²) in [5, 5.41) is 0.430. The highest BCUT2D eigenvalue weighted by Gasteiger charge is 2.21. The van der Waals surface area contributed by atoms with E-state index in [4.69, 9.17) is 16.0 Å². The Kier molecular flexibility index (Phi) is 5.18. The maximum atomic E-state index is 12.7. The molecule has 0 bridgehead atoms. The van der Waals surface area contributed by atoms with Crippen LogP contribution in [-0.2, 0) is 16.7 Å². The van der Waals surface area contributed by atoms with Crippen molar-refractivity contribution in [2.24, 2.45) is 0 Å². The summed E-state index contributed by atoms with van der Waals surface area (Å²) in [6.07, 6.45) is 3.53. The molecule has 0 amide bonds. The fraction of sp³-hybridized carbons (Fsp3) is 0.316. The van der Waals surface area contributed by atoms with E-state index in [1.165, 1.54) is 29.5 Å². The van der Waals surface area contributed by atoms with Crippen molar-refractivity contribution >= 4 is 38.4 Å². The van der Waals surface area contributed by atoms with Crippen LogP contribution >= 0.6 is 11.6 Å². The minimum Gasteiger partial charge on any atom is -0.408 e. The van der Waals surface area contributed by atoms with Crippen molar-refractivity contribution in [2.45, 2.75) is 30.8 Å². The third-order valence-corrected chi connectivity index (χ3v) is 6.58. The number of hydrogen-bond acceptors (Lipinski definition) is 4. The van der Waals surface area contributed by atoms with Gasteiger partial charge in [-0.15, -0.1) is 0 Å². The Labute approximate surface area is 167 Å². The van der Waals surface area contributed by atoms with Gasteiger partial charge in [-0.3, -0.25) is 4.72 Å². The van der Waals surface area contributed by atoms with Crippen LogP contribution in [0.15, 0.2) is 56.6 Å². The molecule has 7 nitrogen and oxygen atoms in total. The number of nitrogens with zero attached hydrogens (tertiary/aromatic N) is 1. The zero-order valence-corrected chi connectivity index (χ0v) is 16.7. The second-order valence-corrected chi connectivity index (χ2v) is 9.13. The van der Waals surface area contributed by atoms with Gasteiger partial charge in [0, 0.05) is 11.1 Å². The Morgan fingerprint density at radius 2 is 1.89 bits per heavy atom. The molecule has 1 aromatic heterocycles. The van der Waals surface area contributed by atoms with Crippen LogP contribution in [0.2, 0.25) is 5.02 Å². The predicted molar refractivity (Wildman–Crippen MR) is 107 cm³/mol. The van der Waals surface area contributed by atoms with Crippen molar-refractivity contribution in [1.82, 2.24) is 4.57 Å². The Balaban J connectivity index is 1.63. The van der Waals surface area contributed by atoms with E-state index in [9.17, 15) is 13.2 Å². The summed E-state index contributed by atoms with van der Waals surface area (Å²) in [6, 6.07) is 10.9. The second kappa shape index (κ2) is 7.62. The third-order valence-electron chi connectivity index (χ3n) is 4.97. The monoisotopic (exact) mass is 422 g/mol. The quantitative estimate of drug-likeness (QED) is 0.659. The first-order valence-electron chi connectivity index (χ1n) is 9.18. The molecular weight excluding hydrogens is 402 g/mol. The van der Waals surface area contributed by atoms with Crippen LogP contribution in [0.25, 0.3) is 11.1 Å². The normalized spacial score (nSPS) is 15.8. The van der Waals surface area contributed by atoms with Crippen LogP contribution in [0.4, 0.5) is 5.69 Å².